The maximum absolute atomic E-state index is 12.5. The summed E-state index contributed by atoms with van der Waals surface area (Å²) < 4.78 is 0. The number of anilines is 1. The molecular weight excluding hydrogens is 350 g/mol. The molecule has 0 aromatic heterocycles. The molecular formula is C23H29N3O2. The number of nitrogens with one attached hydrogen (secondary N) is 1. The van der Waals surface area contributed by atoms with Gasteiger partial charge in [0, 0.05) is 37.4 Å². The van der Waals surface area contributed by atoms with Gasteiger partial charge in [0.1, 0.15) is 0 Å². The lowest BCUT2D eigenvalue weighted by molar-refractivity contribution is -0.130. The molecule has 1 fully saturated rings. The molecule has 5 heteroatoms. The van der Waals surface area contributed by atoms with E-state index in [0.29, 0.717) is 18.7 Å². The van der Waals surface area contributed by atoms with E-state index < -0.39 is 0 Å². The molecule has 148 valence electrons. The molecule has 3 rings (SSSR count). The SMILES string of the molecule is CC(C)(C)c1ccccc1N1CCN(C(=O)CNC(=O)c2ccccc2)CC1. The minimum atomic E-state index is -0.216. The molecule has 0 saturated carbocycles. The number of hydrogen-bond donors (Lipinski definition) is 1. The van der Waals surface area contributed by atoms with Crippen molar-refractivity contribution >= 4 is 17.5 Å². The van der Waals surface area contributed by atoms with Crippen molar-refractivity contribution < 1.29 is 9.59 Å². The number of hydrogen-bond acceptors (Lipinski definition) is 3. The second-order valence-corrected chi connectivity index (χ2v) is 8.18. The molecule has 0 atom stereocenters. The van der Waals surface area contributed by atoms with Crippen molar-refractivity contribution in [1.82, 2.24) is 10.2 Å². The Hall–Kier alpha value is -2.82. The van der Waals surface area contributed by atoms with Gasteiger partial charge in [-0.15, -0.1) is 0 Å². The van der Waals surface area contributed by atoms with E-state index >= 15 is 0 Å². The number of benzene rings is 2. The molecule has 28 heavy (non-hydrogen) atoms. The van der Waals surface area contributed by atoms with Crippen molar-refractivity contribution in [3.8, 4) is 0 Å². The van der Waals surface area contributed by atoms with Gasteiger partial charge < -0.3 is 15.1 Å². The highest BCUT2D eigenvalue weighted by Gasteiger charge is 2.25. The summed E-state index contributed by atoms with van der Waals surface area (Å²) in [6.45, 7) is 9.63. The molecule has 1 N–H and O–H groups in total. The maximum atomic E-state index is 12.5. The lowest BCUT2D eigenvalue weighted by atomic mass is 9.85. The summed E-state index contributed by atoms with van der Waals surface area (Å²) in [5.74, 6) is -0.250. The van der Waals surface area contributed by atoms with E-state index in [1.165, 1.54) is 11.3 Å². The summed E-state index contributed by atoms with van der Waals surface area (Å²) in [5.41, 5.74) is 3.22. The molecule has 0 radical (unpaired) electrons. The second kappa shape index (κ2) is 8.46. The van der Waals surface area contributed by atoms with E-state index in [0.717, 1.165) is 13.1 Å². The maximum Gasteiger partial charge on any atom is 0.251 e. The van der Waals surface area contributed by atoms with Crippen LogP contribution < -0.4 is 10.2 Å². The highest BCUT2D eigenvalue weighted by atomic mass is 16.2. The van der Waals surface area contributed by atoms with Crippen LogP contribution in [-0.2, 0) is 10.2 Å². The Balaban J connectivity index is 1.54. The van der Waals surface area contributed by atoms with Crippen LogP contribution in [0.2, 0.25) is 0 Å². The first-order valence-electron chi connectivity index (χ1n) is 9.82. The first kappa shape index (κ1) is 19.9. The highest BCUT2D eigenvalue weighted by molar-refractivity contribution is 5.96. The second-order valence-electron chi connectivity index (χ2n) is 8.18. The lowest BCUT2D eigenvalue weighted by Crippen LogP contribution is -2.51. The zero-order valence-electron chi connectivity index (χ0n) is 16.9. The first-order chi connectivity index (χ1) is 13.4. The lowest BCUT2D eigenvalue weighted by Gasteiger charge is -2.38. The number of piperazine rings is 1. The van der Waals surface area contributed by atoms with Crippen molar-refractivity contribution in [1.29, 1.82) is 0 Å². The molecule has 1 aliphatic heterocycles. The Morgan fingerprint density at radius 1 is 0.893 bits per heavy atom. The number of para-hydroxylation sites is 1. The largest absolute Gasteiger partial charge is 0.368 e. The summed E-state index contributed by atoms with van der Waals surface area (Å²) >= 11 is 0. The predicted octanol–water partition coefficient (Wildman–Crippen LogP) is 3.06. The fourth-order valence-corrected chi connectivity index (χ4v) is 3.54. The van der Waals surface area contributed by atoms with E-state index in [1.807, 2.05) is 23.1 Å². The summed E-state index contributed by atoms with van der Waals surface area (Å²) in [6.07, 6.45) is 0. The standard InChI is InChI=1S/C23H29N3O2/c1-23(2,3)19-11-7-8-12-20(19)25-13-15-26(16-14-25)21(27)17-24-22(28)18-9-5-4-6-10-18/h4-12H,13-17H2,1-3H3,(H,24,28). The van der Waals surface area contributed by atoms with Crippen LogP contribution in [0.5, 0.6) is 0 Å². The van der Waals surface area contributed by atoms with Crippen LogP contribution in [0.4, 0.5) is 5.69 Å². The molecule has 2 aromatic carbocycles. The third kappa shape index (κ3) is 4.71. The molecule has 1 heterocycles. The van der Waals surface area contributed by atoms with Gasteiger partial charge in [-0.1, -0.05) is 57.2 Å². The van der Waals surface area contributed by atoms with Gasteiger partial charge in [0.25, 0.3) is 5.91 Å². The Kier molecular flexibility index (Phi) is 6.02. The van der Waals surface area contributed by atoms with Crippen molar-refractivity contribution in [2.45, 2.75) is 26.2 Å². The van der Waals surface area contributed by atoms with Crippen LogP contribution in [0.15, 0.2) is 54.6 Å². The zero-order valence-corrected chi connectivity index (χ0v) is 16.9. The fraction of sp³-hybridized carbons (Fsp3) is 0.391. The Morgan fingerprint density at radius 3 is 2.14 bits per heavy atom. The zero-order chi connectivity index (χ0) is 20.1. The molecule has 0 unspecified atom stereocenters. The van der Waals surface area contributed by atoms with Gasteiger partial charge in [-0.25, -0.2) is 0 Å². The van der Waals surface area contributed by atoms with Gasteiger partial charge in [0.15, 0.2) is 0 Å². The van der Waals surface area contributed by atoms with E-state index in [1.54, 1.807) is 12.1 Å². The van der Waals surface area contributed by atoms with Crippen LogP contribution in [0.25, 0.3) is 0 Å². The fourth-order valence-electron chi connectivity index (χ4n) is 3.54. The Morgan fingerprint density at radius 2 is 1.50 bits per heavy atom. The number of carbonyl (C=O) groups excluding carboxylic acids is 2. The topological polar surface area (TPSA) is 52.6 Å². The predicted molar refractivity (Wildman–Crippen MR) is 113 cm³/mol. The van der Waals surface area contributed by atoms with Crippen molar-refractivity contribution in [2.75, 3.05) is 37.6 Å². The van der Waals surface area contributed by atoms with E-state index in [2.05, 4.69) is 55.3 Å². The van der Waals surface area contributed by atoms with Crippen LogP contribution in [0.3, 0.4) is 0 Å². The van der Waals surface area contributed by atoms with E-state index in [4.69, 9.17) is 0 Å². The third-order valence-corrected chi connectivity index (χ3v) is 5.12. The molecule has 5 nitrogen and oxygen atoms in total. The summed E-state index contributed by atoms with van der Waals surface area (Å²) in [7, 11) is 0. The minimum Gasteiger partial charge on any atom is -0.368 e. The van der Waals surface area contributed by atoms with Crippen molar-refractivity contribution in [3.63, 3.8) is 0 Å². The average Bonchev–Trinajstić information content (AvgIpc) is 2.72. The van der Waals surface area contributed by atoms with Crippen molar-refractivity contribution in [3.05, 3.63) is 65.7 Å². The minimum absolute atomic E-state index is 0.0340. The Bertz CT molecular complexity index is 819. The summed E-state index contributed by atoms with van der Waals surface area (Å²) in [5, 5.41) is 2.72. The van der Waals surface area contributed by atoms with Gasteiger partial charge >= 0.3 is 0 Å². The third-order valence-electron chi connectivity index (χ3n) is 5.12. The Labute approximate surface area is 167 Å². The normalized spacial score (nSPS) is 14.7. The van der Waals surface area contributed by atoms with Crippen LogP contribution in [-0.4, -0.2) is 49.4 Å². The van der Waals surface area contributed by atoms with Crippen LogP contribution in [0.1, 0.15) is 36.7 Å². The number of carbonyl (C=O) groups is 2. The summed E-state index contributed by atoms with van der Waals surface area (Å²) in [6, 6.07) is 17.5. The van der Waals surface area contributed by atoms with Gasteiger partial charge in [0.2, 0.25) is 5.91 Å². The molecule has 0 bridgehead atoms. The van der Waals surface area contributed by atoms with Gasteiger partial charge in [-0.05, 0) is 29.2 Å². The summed E-state index contributed by atoms with van der Waals surface area (Å²) in [4.78, 5) is 28.8. The van der Waals surface area contributed by atoms with Crippen LogP contribution >= 0.6 is 0 Å². The molecule has 0 aliphatic carbocycles. The molecule has 2 amide bonds. The average molecular weight is 380 g/mol. The molecule has 2 aromatic rings. The number of nitrogens with zero attached hydrogens (tertiary/aromatic N) is 2. The quantitative estimate of drug-likeness (QED) is 0.888. The van der Waals surface area contributed by atoms with Gasteiger partial charge in [-0.2, -0.15) is 0 Å². The molecule has 1 aliphatic rings. The monoisotopic (exact) mass is 379 g/mol. The molecule has 0 spiro atoms. The van der Waals surface area contributed by atoms with E-state index in [-0.39, 0.29) is 23.8 Å². The number of rotatable bonds is 4. The first-order valence-corrected chi connectivity index (χ1v) is 9.82. The van der Waals surface area contributed by atoms with Crippen LogP contribution in [0, 0.1) is 0 Å². The van der Waals surface area contributed by atoms with Gasteiger partial charge in [0.05, 0.1) is 6.54 Å². The van der Waals surface area contributed by atoms with Crippen molar-refractivity contribution in [2.24, 2.45) is 0 Å². The molecule has 1 saturated heterocycles. The van der Waals surface area contributed by atoms with E-state index in [9.17, 15) is 9.59 Å². The smallest absolute Gasteiger partial charge is 0.251 e. The van der Waals surface area contributed by atoms with Gasteiger partial charge in [-0.3, -0.25) is 9.59 Å². The number of amides is 2. The highest BCUT2D eigenvalue weighted by Crippen LogP contribution is 2.32.